The quantitative estimate of drug-likeness (QED) is 0.569. The van der Waals surface area contributed by atoms with Crippen LogP contribution in [0.2, 0.25) is 0 Å². The average molecular weight is 362 g/mol. The van der Waals surface area contributed by atoms with Crippen LogP contribution < -0.4 is 5.32 Å². The number of imidazole rings is 1. The molecule has 5 nitrogen and oxygen atoms in total. The molecule has 130 valence electrons. The van der Waals surface area contributed by atoms with Gasteiger partial charge >= 0.3 is 0 Å². The molecule has 2 aromatic heterocycles. The van der Waals surface area contributed by atoms with Crippen molar-refractivity contribution in [2.45, 2.75) is 19.9 Å². The number of hydrogen-bond acceptors (Lipinski definition) is 4. The number of aromatic nitrogens is 3. The van der Waals surface area contributed by atoms with Crippen molar-refractivity contribution in [1.29, 1.82) is 0 Å². The molecule has 0 fully saturated rings. The Bertz CT molecular complexity index is 1050. The van der Waals surface area contributed by atoms with Gasteiger partial charge in [-0.2, -0.15) is 0 Å². The number of fused-ring (bicyclic) bond motifs is 1. The smallest absolute Gasteiger partial charge is 0.227 e. The van der Waals surface area contributed by atoms with E-state index >= 15 is 0 Å². The number of hydrogen-bond donors (Lipinski definition) is 1. The Morgan fingerprint density at radius 1 is 1.15 bits per heavy atom. The molecule has 1 N–H and O–H groups in total. The second-order valence-electron chi connectivity index (χ2n) is 6.13. The molecule has 0 unspecified atom stereocenters. The van der Waals surface area contributed by atoms with Gasteiger partial charge in [-0.05, 0) is 19.1 Å². The van der Waals surface area contributed by atoms with Crippen LogP contribution >= 0.6 is 11.3 Å². The third kappa shape index (κ3) is 3.50. The third-order valence-corrected chi connectivity index (χ3v) is 4.96. The van der Waals surface area contributed by atoms with E-state index in [0.29, 0.717) is 18.1 Å². The number of carbonyl (C=O) groups is 1. The summed E-state index contributed by atoms with van der Waals surface area (Å²) < 4.78 is 1.99. The Hall–Kier alpha value is -2.99. The van der Waals surface area contributed by atoms with Gasteiger partial charge in [0.2, 0.25) is 5.91 Å². The van der Waals surface area contributed by atoms with Crippen LogP contribution in [0.25, 0.3) is 22.3 Å². The largest absolute Gasteiger partial charge is 0.330 e. The lowest BCUT2D eigenvalue weighted by Crippen LogP contribution is -2.14. The Kier molecular flexibility index (Phi) is 4.50. The molecule has 0 bridgehead atoms. The van der Waals surface area contributed by atoms with Crippen LogP contribution in [0.15, 0.2) is 60.2 Å². The molecule has 4 aromatic rings. The van der Waals surface area contributed by atoms with Crippen molar-refractivity contribution in [3.8, 4) is 11.3 Å². The molecule has 0 aliphatic carbocycles. The van der Waals surface area contributed by atoms with Crippen LogP contribution in [0.3, 0.4) is 0 Å². The second kappa shape index (κ2) is 7.09. The van der Waals surface area contributed by atoms with Gasteiger partial charge in [-0.15, -0.1) is 11.3 Å². The molecular formula is C20H18N4OS. The number of nitrogens with zero attached hydrogens (tertiary/aromatic N) is 3. The van der Waals surface area contributed by atoms with Gasteiger partial charge in [0, 0.05) is 23.9 Å². The van der Waals surface area contributed by atoms with E-state index < -0.39 is 0 Å². The highest BCUT2D eigenvalue weighted by Gasteiger charge is 2.09. The van der Waals surface area contributed by atoms with Crippen molar-refractivity contribution in [2.24, 2.45) is 0 Å². The van der Waals surface area contributed by atoms with Gasteiger partial charge in [0.15, 0.2) is 5.13 Å². The molecular weight excluding hydrogens is 344 g/mol. The Balaban J connectivity index is 1.38. The van der Waals surface area contributed by atoms with Crippen molar-refractivity contribution < 1.29 is 4.79 Å². The standard InChI is InChI=1S/C20H18N4OS/c1-14-6-8-15(9-7-14)17-12-26-20(22-17)23-19(25)10-11-24-13-21-16-4-2-3-5-18(16)24/h2-9,12-13H,10-11H2,1H3,(H,22,23,25). The highest BCUT2D eigenvalue weighted by molar-refractivity contribution is 7.14. The van der Waals surface area contributed by atoms with Crippen LogP contribution in [-0.2, 0) is 11.3 Å². The first-order valence-electron chi connectivity index (χ1n) is 8.41. The topological polar surface area (TPSA) is 59.8 Å². The minimum absolute atomic E-state index is 0.0485. The first-order chi connectivity index (χ1) is 12.7. The maximum absolute atomic E-state index is 12.3. The van der Waals surface area contributed by atoms with Gasteiger partial charge in [-0.25, -0.2) is 9.97 Å². The summed E-state index contributed by atoms with van der Waals surface area (Å²) in [6.45, 7) is 2.64. The molecule has 26 heavy (non-hydrogen) atoms. The van der Waals surface area contributed by atoms with Crippen LogP contribution in [-0.4, -0.2) is 20.4 Å². The summed E-state index contributed by atoms with van der Waals surface area (Å²) in [4.78, 5) is 21.1. The molecule has 0 saturated heterocycles. The fraction of sp³-hybridized carbons (Fsp3) is 0.150. The Labute approximate surface area is 155 Å². The molecule has 2 aromatic carbocycles. The molecule has 0 aliphatic heterocycles. The van der Waals surface area contributed by atoms with Gasteiger partial charge in [0.05, 0.1) is 23.1 Å². The number of para-hydroxylation sites is 2. The van der Waals surface area contributed by atoms with Gasteiger partial charge in [-0.3, -0.25) is 4.79 Å². The van der Waals surface area contributed by atoms with E-state index in [9.17, 15) is 4.79 Å². The van der Waals surface area contributed by atoms with E-state index in [0.717, 1.165) is 22.3 Å². The zero-order valence-electron chi connectivity index (χ0n) is 14.3. The van der Waals surface area contributed by atoms with E-state index in [1.165, 1.54) is 16.9 Å². The summed E-state index contributed by atoms with van der Waals surface area (Å²) in [5.41, 5.74) is 5.12. The lowest BCUT2D eigenvalue weighted by molar-refractivity contribution is -0.116. The summed E-state index contributed by atoms with van der Waals surface area (Å²) in [6.07, 6.45) is 2.15. The summed E-state index contributed by atoms with van der Waals surface area (Å²) in [6, 6.07) is 16.1. The van der Waals surface area contributed by atoms with E-state index in [1.807, 2.05) is 46.3 Å². The fourth-order valence-corrected chi connectivity index (χ4v) is 3.52. The lowest BCUT2D eigenvalue weighted by Gasteiger charge is -2.04. The van der Waals surface area contributed by atoms with Crippen molar-refractivity contribution in [3.63, 3.8) is 0 Å². The van der Waals surface area contributed by atoms with Gasteiger partial charge in [0.25, 0.3) is 0 Å². The highest BCUT2D eigenvalue weighted by Crippen LogP contribution is 2.25. The summed E-state index contributed by atoms with van der Waals surface area (Å²) >= 11 is 1.44. The number of nitrogens with one attached hydrogen (secondary N) is 1. The molecule has 0 aliphatic rings. The molecule has 0 atom stereocenters. The number of anilines is 1. The monoisotopic (exact) mass is 362 g/mol. The molecule has 6 heteroatoms. The van der Waals surface area contributed by atoms with E-state index in [1.54, 1.807) is 6.33 Å². The molecule has 1 amide bonds. The van der Waals surface area contributed by atoms with Gasteiger partial charge in [-0.1, -0.05) is 42.0 Å². The van der Waals surface area contributed by atoms with Crippen LogP contribution in [0.5, 0.6) is 0 Å². The Morgan fingerprint density at radius 3 is 2.81 bits per heavy atom. The van der Waals surface area contributed by atoms with Crippen molar-refractivity contribution in [1.82, 2.24) is 14.5 Å². The van der Waals surface area contributed by atoms with E-state index in [2.05, 4.69) is 34.3 Å². The summed E-state index contributed by atoms with van der Waals surface area (Å²) in [7, 11) is 0. The number of rotatable bonds is 5. The molecule has 0 saturated carbocycles. The third-order valence-electron chi connectivity index (χ3n) is 4.21. The van der Waals surface area contributed by atoms with Crippen molar-refractivity contribution >= 4 is 33.4 Å². The predicted octanol–water partition coefficient (Wildman–Crippen LogP) is 4.50. The molecule has 2 heterocycles. The predicted molar refractivity (Wildman–Crippen MR) is 105 cm³/mol. The normalized spacial score (nSPS) is 11.0. The van der Waals surface area contributed by atoms with Crippen molar-refractivity contribution in [2.75, 3.05) is 5.32 Å². The number of aryl methyl sites for hydroxylation is 2. The number of benzene rings is 2. The number of amides is 1. The van der Waals surface area contributed by atoms with Crippen LogP contribution in [0.4, 0.5) is 5.13 Å². The maximum Gasteiger partial charge on any atom is 0.227 e. The zero-order valence-corrected chi connectivity index (χ0v) is 15.2. The first-order valence-corrected chi connectivity index (χ1v) is 9.29. The molecule has 4 rings (SSSR count). The van der Waals surface area contributed by atoms with E-state index in [4.69, 9.17) is 0 Å². The maximum atomic E-state index is 12.3. The minimum Gasteiger partial charge on any atom is -0.330 e. The van der Waals surface area contributed by atoms with Crippen LogP contribution in [0, 0.1) is 6.92 Å². The number of thiazole rings is 1. The fourth-order valence-electron chi connectivity index (χ4n) is 2.78. The SMILES string of the molecule is Cc1ccc(-c2csc(NC(=O)CCn3cnc4ccccc43)n2)cc1. The Morgan fingerprint density at radius 2 is 1.96 bits per heavy atom. The van der Waals surface area contributed by atoms with Crippen molar-refractivity contribution in [3.05, 3.63) is 65.8 Å². The second-order valence-corrected chi connectivity index (χ2v) is 6.99. The lowest BCUT2D eigenvalue weighted by atomic mass is 10.1. The van der Waals surface area contributed by atoms with Crippen LogP contribution in [0.1, 0.15) is 12.0 Å². The minimum atomic E-state index is -0.0485. The summed E-state index contributed by atoms with van der Waals surface area (Å²) in [5.74, 6) is -0.0485. The first kappa shape index (κ1) is 16.5. The number of carbonyl (C=O) groups excluding carboxylic acids is 1. The van der Waals surface area contributed by atoms with Gasteiger partial charge < -0.3 is 9.88 Å². The molecule has 0 spiro atoms. The average Bonchev–Trinajstić information content (AvgIpc) is 3.28. The van der Waals surface area contributed by atoms with Gasteiger partial charge in [0.1, 0.15) is 0 Å². The summed E-state index contributed by atoms with van der Waals surface area (Å²) in [5, 5.41) is 5.48. The molecule has 0 radical (unpaired) electrons. The highest BCUT2D eigenvalue weighted by atomic mass is 32.1. The van der Waals surface area contributed by atoms with E-state index in [-0.39, 0.29) is 5.91 Å². The zero-order chi connectivity index (χ0) is 17.9.